The lowest BCUT2D eigenvalue weighted by molar-refractivity contribution is 0.131. The minimum Gasteiger partial charge on any atom is -0.488 e. The zero-order valence-corrected chi connectivity index (χ0v) is 10.9. The second-order valence-electron chi connectivity index (χ2n) is 5.25. The fourth-order valence-electron chi connectivity index (χ4n) is 1.71. The largest absolute Gasteiger partial charge is 0.488 e. The molecule has 0 aliphatic carbocycles. The van der Waals surface area contributed by atoms with Crippen LogP contribution < -0.4 is 4.74 Å². The molecule has 0 heterocycles. The SMILES string of the molecule is CC(C)(C)Oc1ccc(-c2ccc(F)cc2)cc1. The molecule has 0 amide bonds. The van der Waals surface area contributed by atoms with Gasteiger partial charge in [0.25, 0.3) is 0 Å². The zero-order chi connectivity index (χ0) is 13.2. The quantitative estimate of drug-likeness (QED) is 0.746. The van der Waals surface area contributed by atoms with Gasteiger partial charge in [0.1, 0.15) is 17.2 Å². The first-order chi connectivity index (χ1) is 8.44. The Hall–Kier alpha value is -1.83. The number of halogens is 1. The lowest BCUT2D eigenvalue weighted by atomic mass is 10.1. The molecule has 0 aliphatic rings. The highest BCUT2D eigenvalue weighted by Gasteiger charge is 2.11. The van der Waals surface area contributed by atoms with E-state index in [9.17, 15) is 4.39 Å². The van der Waals surface area contributed by atoms with E-state index in [1.165, 1.54) is 12.1 Å². The van der Waals surface area contributed by atoms with Gasteiger partial charge in [-0.1, -0.05) is 24.3 Å². The summed E-state index contributed by atoms with van der Waals surface area (Å²) in [5.74, 6) is 0.625. The van der Waals surface area contributed by atoms with Crippen LogP contribution in [0.4, 0.5) is 4.39 Å². The Balaban J connectivity index is 2.20. The van der Waals surface area contributed by atoms with Gasteiger partial charge >= 0.3 is 0 Å². The van der Waals surface area contributed by atoms with E-state index in [0.717, 1.165) is 16.9 Å². The summed E-state index contributed by atoms with van der Waals surface area (Å²) in [4.78, 5) is 0. The van der Waals surface area contributed by atoms with Crippen LogP contribution in [-0.2, 0) is 0 Å². The molecule has 0 N–H and O–H groups in total. The van der Waals surface area contributed by atoms with Crippen molar-refractivity contribution in [2.45, 2.75) is 26.4 Å². The summed E-state index contributed by atoms with van der Waals surface area (Å²) in [6.45, 7) is 6.04. The van der Waals surface area contributed by atoms with Crippen LogP contribution in [-0.4, -0.2) is 5.60 Å². The Labute approximate surface area is 107 Å². The Bertz CT molecular complexity index is 506. The van der Waals surface area contributed by atoms with Crippen LogP contribution in [0.5, 0.6) is 5.75 Å². The van der Waals surface area contributed by atoms with Crippen LogP contribution in [0.1, 0.15) is 20.8 Å². The summed E-state index contributed by atoms with van der Waals surface area (Å²) in [5.41, 5.74) is 1.85. The van der Waals surface area contributed by atoms with Gasteiger partial charge in [0.15, 0.2) is 0 Å². The molecule has 0 bridgehead atoms. The van der Waals surface area contributed by atoms with E-state index < -0.39 is 0 Å². The van der Waals surface area contributed by atoms with Crippen molar-refractivity contribution in [2.24, 2.45) is 0 Å². The van der Waals surface area contributed by atoms with Crippen molar-refractivity contribution in [1.29, 1.82) is 0 Å². The van der Waals surface area contributed by atoms with Crippen LogP contribution in [0.2, 0.25) is 0 Å². The van der Waals surface area contributed by atoms with Gasteiger partial charge in [-0.3, -0.25) is 0 Å². The Morgan fingerprint density at radius 1 is 0.778 bits per heavy atom. The third-order valence-electron chi connectivity index (χ3n) is 2.46. The number of benzene rings is 2. The molecule has 0 unspecified atom stereocenters. The molecule has 1 nitrogen and oxygen atoms in total. The smallest absolute Gasteiger partial charge is 0.123 e. The maximum Gasteiger partial charge on any atom is 0.123 e. The fourth-order valence-corrected chi connectivity index (χ4v) is 1.71. The van der Waals surface area contributed by atoms with Crippen molar-refractivity contribution in [3.8, 4) is 16.9 Å². The van der Waals surface area contributed by atoms with Crippen molar-refractivity contribution < 1.29 is 9.13 Å². The van der Waals surface area contributed by atoms with E-state index in [1.54, 1.807) is 12.1 Å². The van der Waals surface area contributed by atoms with Gasteiger partial charge < -0.3 is 4.74 Å². The maximum absolute atomic E-state index is 12.8. The molecule has 0 atom stereocenters. The van der Waals surface area contributed by atoms with Gasteiger partial charge in [-0.2, -0.15) is 0 Å². The first kappa shape index (κ1) is 12.6. The Morgan fingerprint density at radius 2 is 1.22 bits per heavy atom. The van der Waals surface area contributed by atoms with Crippen molar-refractivity contribution in [3.63, 3.8) is 0 Å². The minimum absolute atomic E-state index is 0.197. The van der Waals surface area contributed by atoms with Crippen LogP contribution in [0.3, 0.4) is 0 Å². The van der Waals surface area contributed by atoms with Gasteiger partial charge in [0, 0.05) is 0 Å². The summed E-state index contributed by atoms with van der Waals surface area (Å²) in [5, 5.41) is 0. The Morgan fingerprint density at radius 3 is 1.67 bits per heavy atom. The third-order valence-corrected chi connectivity index (χ3v) is 2.46. The zero-order valence-electron chi connectivity index (χ0n) is 10.9. The summed E-state index contributed by atoms with van der Waals surface area (Å²) in [7, 11) is 0. The fraction of sp³-hybridized carbons (Fsp3) is 0.250. The molecule has 0 aromatic heterocycles. The van der Waals surface area contributed by atoms with Crippen molar-refractivity contribution >= 4 is 0 Å². The second-order valence-corrected chi connectivity index (χ2v) is 5.25. The van der Waals surface area contributed by atoms with E-state index in [0.29, 0.717) is 0 Å². The number of ether oxygens (including phenoxy) is 1. The third kappa shape index (κ3) is 3.33. The highest BCUT2D eigenvalue weighted by atomic mass is 19.1. The van der Waals surface area contributed by atoms with E-state index in [1.807, 2.05) is 45.0 Å². The predicted molar refractivity (Wildman–Crippen MR) is 72.2 cm³/mol. The highest BCUT2D eigenvalue weighted by molar-refractivity contribution is 5.63. The summed E-state index contributed by atoms with van der Waals surface area (Å²) in [6, 6.07) is 14.3. The maximum atomic E-state index is 12.8. The van der Waals surface area contributed by atoms with Gasteiger partial charge in [-0.25, -0.2) is 4.39 Å². The molecular weight excluding hydrogens is 227 g/mol. The molecule has 2 rings (SSSR count). The molecular formula is C16H17FO. The molecule has 94 valence electrons. The van der Waals surface area contributed by atoms with Gasteiger partial charge in [0.2, 0.25) is 0 Å². The molecule has 0 saturated carbocycles. The molecule has 0 fully saturated rings. The van der Waals surface area contributed by atoms with Crippen LogP contribution >= 0.6 is 0 Å². The van der Waals surface area contributed by atoms with E-state index in [-0.39, 0.29) is 11.4 Å². The van der Waals surface area contributed by atoms with Crippen molar-refractivity contribution in [2.75, 3.05) is 0 Å². The average Bonchev–Trinajstić information content (AvgIpc) is 2.29. The van der Waals surface area contributed by atoms with E-state index in [2.05, 4.69) is 0 Å². The molecule has 2 aromatic carbocycles. The molecule has 2 aromatic rings. The first-order valence-electron chi connectivity index (χ1n) is 5.99. The molecule has 0 radical (unpaired) electrons. The summed E-state index contributed by atoms with van der Waals surface area (Å²) < 4.78 is 18.6. The lowest BCUT2D eigenvalue weighted by Crippen LogP contribution is -2.22. The standard InChI is InChI=1S/C16H17FO/c1-16(2,3)18-15-10-6-13(7-11-15)12-4-8-14(17)9-5-12/h4-11H,1-3H3. The minimum atomic E-state index is -0.216. The molecule has 0 spiro atoms. The van der Waals surface area contributed by atoms with Gasteiger partial charge in [0.05, 0.1) is 0 Å². The highest BCUT2D eigenvalue weighted by Crippen LogP contribution is 2.24. The number of hydrogen-bond acceptors (Lipinski definition) is 1. The first-order valence-corrected chi connectivity index (χ1v) is 5.99. The van der Waals surface area contributed by atoms with Crippen LogP contribution in [0.15, 0.2) is 48.5 Å². The average molecular weight is 244 g/mol. The molecule has 18 heavy (non-hydrogen) atoms. The number of rotatable bonds is 2. The van der Waals surface area contributed by atoms with Gasteiger partial charge in [-0.15, -0.1) is 0 Å². The number of hydrogen-bond donors (Lipinski definition) is 0. The summed E-state index contributed by atoms with van der Waals surface area (Å²) >= 11 is 0. The van der Waals surface area contributed by atoms with Crippen molar-refractivity contribution in [1.82, 2.24) is 0 Å². The molecule has 2 heteroatoms. The van der Waals surface area contributed by atoms with Crippen molar-refractivity contribution in [3.05, 3.63) is 54.3 Å². The molecule has 0 aliphatic heterocycles. The molecule has 0 saturated heterocycles. The van der Waals surface area contributed by atoms with Gasteiger partial charge in [-0.05, 0) is 56.2 Å². The van der Waals surface area contributed by atoms with E-state index in [4.69, 9.17) is 4.74 Å². The van der Waals surface area contributed by atoms with E-state index >= 15 is 0 Å². The normalized spacial score (nSPS) is 11.3. The lowest BCUT2D eigenvalue weighted by Gasteiger charge is -2.21. The monoisotopic (exact) mass is 244 g/mol. The summed E-state index contributed by atoms with van der Waals surface area (Å²) in [6.07, 6.45) is 0. The second kappa shape index (κ2) is 4.81. The van der Waals surface area contributed by atoms with Crippen LogP contribution in [0, 0.1) is 5.82 Å². The Kier molecular flexibility index (Phi) is 3.37. The predicted octanol–water partition coefficient (Wildman–Crippen LogP) is 4.67. The van der Waals surface area contributed by atoms with Crippen LogP contribution in [0.25, 0.3) is 11.1 Å². The topological polar surface area (TPSA) is 9.23 Å².